The van der Waals surface area contributed by atoms with Crippen LogP contribution in [0.4, 0.5) is 5.95 Å². The van der Waals surface area contributed by atoms with Crippen molar-refractivity contribution in [3.63, 3.8) is 0 Å². The number of nitrogens with zero attached hydrogens (tertiary/aromatic N) is 1. The zero-order chi connectivity index (χ0) is 18.8. The van der Waals surface area contributed by atoms with Crippen LogP contribution in [0.3, 0.4) is 0 Å². The van der Waals surface area contributed by atoms with E-state index in [0.29, 0.717) is 10.6 Å². The van der Waals surface area contributed by atoms with E-state index in [1.54, 1.807) is 12.1 Å². The van der Waals surface area contributed by atoms with Gasteiger partial charge in [-0.3, -0.25) is 19.9 Å². The Kier molecular flexibility index (Phi) is 4.77. The largest absolute Gasteiger partial charge is 0.292 e. The topological polar surface area (TPSA) is 74.8 Å². The van der Waals surface area contributed by atoms with Crippen molar-refractivity contribution in [1.82, 2.24) is 9.97 Å². The van der Waals surface area contributed by atoms with Gasteiger partial charge < -0.3 is 0 Å². The maximum Gasteiger partial charge on any atom is 0.259 e. The van der Waals surface area contributed by atoms with Crippen molar-refractivity contribution < 1.29 is 4.79 Å². The van der Waals surface area contributed by atoms with Gasteiger partial charge in [-0.05, 0) is 48.9 Å². The number of anilines is 1. The molecule has 1 heterocycles. The first-order chi connectivity index (χ1) is 13.1. The molecule has 2 aromatic carbocycles. The van der Waals surface area contributed by atoms with Crippen LogP contribution in [0, 0.1) is 0 Å². The first-order valence-corrected chi connectivity index (χ1v) is 9.28. The molecule has 6 heteroatoms. The summed E-state index contributed by atoms with van der Waals surface area (Å²) in [6.07, 6.45) is 3.48. The zero-order valence-corrected chi connectivity index (χ0v) is 15.3. The van der Waals surface area contributed by atoms with Crippen molar-refractivity contribution >= 4 is 23.5 Å². The maximum atomic E-state index is 12.7. The lowest BCUT2D eigenvalue weighted by Gasteiger charge is -2.15. The molecule has 1 aliphatic carbocycles. The van der Waals surface area contributed by atoms with Crippen molar-refractivity contribution in [3.8, 4) is 11.1 Å². The van der Waals surface area contributed by atoms with Crippen molar-refractivity contribution in [1.29, 1.82) is 0 Å². The highest BCUT2D eigenvalue weighted by molar-refractivity contribution is 6.34. The van der Waals surface area contributed by atoms with E-state index in [0.717, 1.165) is 48.1 Å². The van der Waals surface area contributed by atoms with Crippen molar-refractivity contribution in [3.05, 3.63) is 80.7 Å². The van der Waals surface area contributed by atoms with Crippen LogP contribution in [0.25, 0.3) is 11.1 Å². The maximum absolute atomic E-state index is 12.7. The molecular formula is C21H18ClN3O2. The van der Waals surface area contributed by atoms with Gasteiger partial charge in [0.1, 0.15) is 0 Å². The average Bonchev–Trinajstić information content (AvgIpc) is 2.69. The number of nitrogens with one attached hydrogen (secondary N) is 2. The average molecular weight is 380 g/mol. The van der Waals surface area contributed by atoms with Crippen LogP contribution in [-0.2, 0) is 12.8 Å². The summed E-state index contributed by atoms with van der Waals surface area (Å²) < 4.78 is 0. The number of aromatic nitrogens is 2. The van der Waals surface area contributed by atoms with Gasteiger partial charge in [-0.25, -0.2) is 4.98 Å². The van der Waals surface area contributed by atoms with E-state index in [1.807, 2.05) is 36.4 Å². The Morgan fingerprint density at radius 1 is 1.04 bits per heavy atom. The lowest BCUT2D eigenvalue weighted by atomic mass is 9.97. The van der Waals surface area contributed by atoms with Crippen LogP contribution >= 0.6 is 11.6 Å². The van der Waals surface area contributed by atoms with Crippen LogP contribution in [0.15, 0.2) is 53.3 Å². The summed E-state index contributed by atoms with van der Waals surface area (Å²) in [5, 5.41) is 3.02. The summed E-state index contributed by atoms with van der Waals surface area (Å²) in [5.74, 6) is -0.247. The molecule has 1 aromatic heterocycles. The minimum atomic E-state index is -0.406. The molecule has 5 nitrogen and oxygen atoms in total. The zero-order valence-electron chi connectivity index (χ0n) is 14.6. The standard InChI is InChI=1S/C21H18ClN3O2/c22-17-11-10-14(13-6-2-1-3-7-13)12-16(17)20(27)25-21-23-18-9-5-4-8-15(18)19(26)24-21/h1-3,6-7,10-12H,4-5,8-9H2,(H2,23,24,25,26,27). The molecule has 0 saturated carbocycles. The van der Waals surface area contributed by atoms with Crippen molar-refractivity contribution in [2.45, 2.75) is 25.7 Å². The molecule has 0 unspecified atom stereocenters. The Hall–Kier alpha value is -2.92. The van der Waals surface area contributed by atoms with E-state index in [2.05, 4.69) is 15.3 Å². The van der Waals surface area contributed by atoms with Gasteiger partial charge in [0.2, 0.25) is 5.95 Å². The predicted molar refractivity (Wildman–Crippen MR) is 106 cm³/mol. The Bertz CT molecular complexity index is 1060. The molecule has 27 heavy (non-hydrogen) atoms. The fourth-order valence-electron chi connectivity index (χ4n) is 3.35. The summed E-state index contributed by atoms with van der Waals surface area (Å²) in [5.41, 5.74) is 3.52. The third-order valence-electron chi connectivity index (χ3n) is 4.74. The molecule has 1 aliphatic rings. The molecule has 0 aliphatic heterocycles. The van der Waals surface area contributed by atoms with Crippen molar-refractivity contribution in [2.24, 2.45) is 0 Å². The monoisotopic (exact) mass is 379 g/mol. The van der Waals surface area contributed by atoms with E-state index in [-0.39, 0.29) is 11.5 Å². The Labute approximate surface area is 161 Å². The molecule has 3 aromatic rings. The van der Waals surface area contributed by atoms with Crippen LogP contribution in [0.2, 0.25) is 5.02 Å². The van der Waals surface area contributed by atoms with Crippen molar-refractivity contribution in [2.75, 3.05) is 5.32 Å². The Balaban J connectivity index is 1.64. The number of amides is 1. The third-order valence-corrected chi connectivity index (χ3v) is 5.07. The lowest BCUT2D eigenvalue weighted by molar-refractivity contribution is 0.102. The number of rotatable bonds is 3. The number of H-pyrrole nitrogens is 1. The van der Waals surface area contributed by atoms with Gasteiger partial charge in [0.05, 0.1) is 16.3 Å². The minimum Gasteiger partial charge on any atom is -0.292 e. The first kappa shape index (κ1) is 17.5. The second-order valence-corrected chi connectivity index (χ2v) is 6.97. The van der Waals surface area contributed by atoms with Gasteiger partial charge >= 0.3 is 0 Å². The summed E-state index contributed by atoms with van der Waals surface area (Å²) >= 11 is 6.24. The quantitative estimate of drug-likeness (QED) is 0.715. The molecule has 0 fully saturated rings. The molecule has 0 bridgehead atoms. The van der Waals surface area contributed by atoms with Crippen LogP contribution in [0.5, 0.6) is 0 Å². The minimum absolute atomic E-state index is 0.159. The number of aryl methyl sites for hydroxylation is 1. The highest BCUT2D eigenvalue weighted by Crippen LogP contribution is 2.26. The first-order valence-electron chi connectivity index (χ1n) is 8.90. The van der Waals surface area contributed by atoms with E-state index in [4.69, 9.17) is 11.6 Å². The van der Waals surface area contributed by atoms with E-state index in [1.165, 1.54) is 0 Å². The SMILES string of the molecule is O=C(Nc1nc2c(c(=O)[nH]1)CCCC2)c1cc(-c2ccccc2)ccc1Cl. The number of fused-ring (bicyclic) bond motifs is 1. The number of benzene rings is 2. The third kappa shape index (κ3) is 3.64. The van der Waals surface area contributed by atoms with Gasteiger partial charge in [-0.15, -0.1) is 0 Å². The highest BCUT2D eigenvalue weighted by atomic mass is 35.5. The Morgan fingerprint density at radius 3 is 2.63 bits per heavy atom. The number of carbonyl (C=O) groups is 1. The second-order valence-electron chi connectivity index (χ2n) is 6.56. The molecule has 0 atom stereocenters. The van der Waals surface area contributed by atoms with E-state index >= 15 is 0 Å². The molecule has 0 radical (unpaired) electrons. The molecule has 0 saturated heterocycles. The number of carbonyl (C=O) groups excluding carboxylic acids is 1. The summed E-state index contributed by atoms with van der Waals surface area (Å²) in [6, 6.07) is 15.0. The summed E-state index contributed by atoms with van der Waals surface area (Å²) in [4.78, 5) is 32.1. The van der Waals surface area contributed by atoms with Gasteiger partial charge in [0.15, 0.2) is 0 Å². The molecule has 2 N–H and O–H groups in total. The second kappa shape index (κ2) is 7.37. The van der Waals surface area contributed by atoms with E-state index < -0.39 is 5.91 Å². The Morgan fingerprint density at radius 2 is 1.81 bits per heavy atom. The van der Waals surface area contributed by atoms with Crippen LogP contribution in [0.1, 0.15) is 34.5 Å². The van der Waals surface area contributed by atoms with Gasteiger partial charge in [-0.2, -0.15) is 0 Å². The van der Waals surface area contributed by atoms with Gasteiger partial charge in [-0.1, -0.05) is 48.0 Å². The highest BCUT2D eigenvalue weighted by Gasteiger charge is 2.18. The summed E-state index contributed by atoms with van der Waals surface area (Å²) in [6.45, 7) is 0. The smallest absolute Gasteiger partial charge is 0.259 e. The molecule has 136 valence electrons. The molecule has 0 spiro atoms. The number of hydrogen-bond donors (Lipinski definition) is 2. The lowest BCUT2D eigenvalue weighted by Crippen LogP contribution is -2.24. The molecule has 4 rings (SSSR count). The van der Waals surface area contributed by atoms with Crippen LogP contribution in [-0.4, -0.2) is 15.9 Å². The molecule has 1 amide bonds. The van der Waals surface area contributed by atoms with Gasteiger partial charge in [0, 0.05) is 5.56 Å². The summed E-state index contributed by atoms with van der Waals surface area (Å²) in [7, 11) is 0. The fourth-order valence-corrected chi connectivity index (χ4v) is 3.55. The molecular weight excluding hydrogens is 362 g/mol. The number of halogens is 1. The fraction of sp³-hybridized carbons (Fsp3) is 0.190. The predicted octanol–water partition coefficient (Wildman–Crippen LogP) is 4.22. The normalized spacial score (nSPS) is 13.1. The van der Waals surface area contributed by atoms with E-state index in [9.17, 15) is 9.59 Å². The number of hydrogen-bond acceptors (Lipinski definition) is 3. The van der Waals surface area contributed by atoms with Gasteiger partial charge in [0.25, 0.3) is 11.5 Å². The number of aromatic amines is 1. The van der Waals surface area contributed by atoms with Crippen LogP contribution < -0.4 is 10.9 Å².